The molecular weight excluding hydrogens is 346 g/mol. The first-order valence-corrected chi connectivity index (χ1v) is 9.69. The van der Waals surface area contributed by atoms with E-state index in [0.29, 0.717) is 12.3 Å². The van der Waals surface area contributed by atoms with Crippen LogP contribution in [0.1, 0.15) is 13.8 Å². The molecule has 0 aromatic heterocycles. The lowest BCUT2D eigenvalue weighted by molar-refractivity contribution is -0.142. The van der Waals surface area contributed by atoms with Crippen LogP contribution in [0, 0.1) is 17.8 Å². The summed E-state index contributed by atoms with van der Waals surface area (Å²) in [4.78, 5) is 25.3. The summed E-state index contributed by atoms with van der Waals surface area (Å²) in [5.41, 5.74) is 0. The number of amides is 1. The molecule has 0 bridgehead atoms. The first-order valence-electron chi connectivity index (χ1n) is 8.04. The van der Waals surface area contributed by atoms with Crippen molar-refractivity contribution >= 4 is 21.7 Å². The number of likely N-dealkylation sites (tertiary alicyclic amines) is 1. The van der Waals surface area contributed by atoms with Crippen molar-refractivity contribution in [1.82, 2.24) is 4.90 Å². The molecule has 1 aromatic rings. The summed E-state index contributed by atoms with van der Waals surface area (Å²) in [6.07, 6.45) is 0. The molecule has 8 heteroatoms. The van der Waals surface area contributed by atoms with Gasteiger partial charge in [0, 0.05) is 19.0 Å². The number of ether oxygens (including phenoxy) is 1. The van der Waals surface area contributed by atoms with Crippen LogP contribution in [-0.4, -0.2) is 56.3 Å². The van der Waals surface area contributed by atoms with E-state index in [1.807, 2.05) is 0 Å². The fourth-order valence-corrected chi connectivity index (χ4v) is 4.60. The molecule has 0 saturated carbocycles. The van der Waals surface area contributed by atoms with Crippen LogP contribution in [0.25, 0.3) is 0 Å². The Morgan fingerprint density at radius 3 is 2.36 bits per heavy atom. The number of benzene rings is 1. The Bertz CT molecular complexity index is 743. The number of methoxy groups -OCH3 is 1. The van der Waals surface area contributed by atoms with E-state index in [2.05, 4.69) is 0 Å². The van der Waals surface area contributed by atoms with Gasteiger partial charge in [0.25, 0.3) is 0 Å². The average Bonchev–Trinajstić information content (AvgIpc) is 2.95. The van der Waals surface area contributed by atoms with Gasteiger partial charge in [-0.25, -0.2) is 8.42 Å². The molecule has 1 fully saturated rings. The van der Waals surface area contributed by atoms with Gasteiger partial charge in [-0.2, -0.15) is 0 Å². The molecule has 0 aliphatic carbocycles. The number of hydrogen-bond acceptors (Lipinski definition) is 5. The van der Waals surface area contributed by atoms with Crippen molar-refractivity contribution in [2.24, 2.45) is 17.8 Å². The highest BCUT2D eigenvalue weighted by molar-refractivity contribution is 7.91. The summed E-state index contributed by atoms with van der Waals surface area (Å²) in [5, 5.41) is 9.16. The first-order chi connectivity index (χ1) is 11.7. The van der Waals surface area contributed by atoms with Crippen molar-refractivity contribution in [3.63, 3.8) is 0 Å². The largest absolute Gasteiger partial charge is 0.497 e. The molecule has 1 unspecified atom stereocenters. The second kappa shape index (κ2) is 7.43. The summed E-state index contributed by atoms with van der Waals surface area (Å²) in [6.45, 7) is 3.80. The molecule has 7 nitrogen and oxygen atoms in total. The summed E-state index contributed by atoms with van der Waals surface area (Å²) in [6, 6.07) is 6.01. The van der Waals surface area contributed by atoms with Gasteiger partial charge in [0.2, 0.25) is 5.91 Å². The molecule has 1 heterocycles. The number of carboxylic acids is 1. The smallest absolute Gasteiger partial charge is 0.308 e. The average molecular weight is 369 g/mol. The molecule has 1 aliphatic heterocycles. The molecular formula is C17H23NO6S. The molecule has 0 radical (unpaired) electrons. The molecule has 0 spiro atoms. The van der Waals surface area contributed by atoms with Crippen LogP contribution >= 0.6 is 0 Å². The molecule has 1 N–H and O–H groups in total. The third kappa shape index (κ3) is 4.31. The molecule has 138 valence electrons. The Labute approximate surface area is 147 Å². The zero-order valence-corrected chi connectivity index (χ0v) is 15.3. The van der Waals surface area contributed by atoms with Gasteiger partial charge in [0.05, 0.1) is 23.7 Å². The summed E-state index contributed by atoms with van der Waals surface area (Å²) in [5.74, 6) is -2.52. The number of carbonyl (C=O) groups excluding carboxylic acids is 1. The van der Waals surface area contributed by atoms with Gasteiger partial charge in [-0.05, 0) is 30.2 Å². The molecule has 25 heavy (non-hydrogen) atoms. The Hall–Kier alpha value is -2.09. The topological polar surface area (TPSA) is 101 Å². The van der Waals surface area contributed by atoms with E-state index < -0.39 is 27.6 Å². The normalized spacial score (nSPS) is 21.8. The fraction of sp³-hybridized carbons (Fsp3) is 0.529. The van der Waals surface area contributed by atoms with Gasteiger partial charge >= 0.3 is 5.97 Å². The molecule has 2 rings (SSSR count). The van der Waals surface area contributed by atoms with Gasteiger partial charge in [0.15, 0.2) is 9.84 Å². The van der Waals surface area contributed by atoms with Gasteiger partial charge < -0.3 is 14.7 Å². The third-order valence-corrected chi connectivity index (χ3v) is 6.48. The maximum Gasteiger partial charge on any atom is 0.308 e. The van der Waals surface area contributed by atoms with Crippen molar-refractivity contribution in [3.8, 4) is 5.75 Å². The van der Waals surface area contributed by atoms with Gasteiger partial charge in [-0.1, -0.05) is 13.8 Å². The highest BCUT2D eigenvalue weighted by Crippen LogP contribution is 2.26. The molecule has 1 saturated heterocycles. The minimum Gasteiger partial charge on any atom is -0.497 e. The number of aliphatic carboxylic acids is 1. The van der Waals surface area contributed by atoms with Crippen LogP contribution in [0.5, 0.6) is 5.75 Å². The van der Waals surface area contributed by atoms with E-state index in [1.165, 1.54) is 24.1 Å². The lowest BCUT2D eigenvalue weighted by atomic mass is 9.99. The summed E-state index contributed by atoms with van der Waals surface area (Å²) >= 11 is 0. The Morgan fingerprint density at radius 1 is 1.28 bits per heavy atom. The summed E-state index contributed by atoms with van der Waals surface area (Å²) in [7, 11) is -2.13. The standard InChI is InChI=1S/C17H23NO6S/c1-11-8-18(9-15(11)17(20)21)16(19)12(2)10-25(22,23)14-6-4-13(24-3)5-7-14/h4-7,11-12,15H,8-10H2,1-3H3,(H,20,21)/t11-,12?,15-/m1/s1. The monoisotopic (exact) mass is 369 g/mol. The number of rotatable bonds is 6. The molecule has 1 amide bonds. The number of hydrogen-bond donors (Lipinski definition) is 1. The van der Waals surface area contributed by atoms with E-state index in [9.17, 15) is 18.0 Å². The van der Waals surface area contributed by atoms with Crippen molar-refractivity contribution in [2.75, 3.05) is 26.0 Å². The molecule has 1 aliphatic rings. The summed E-state index contributed by atoms with van der Waals surface area (Å²) < 4.78 is 30.0. The van der Waals surface area contributed by atoms with Crippen LogP contribution in [0.3, 0.4) is 0 Å². The molecule has 1 aromatic carbocycles. The van der Waals surface area contributed by atoms with E-state index in [-0.39, 0.29) is 29.0 Å². The van der Waals surface area contributed by atoms with E-state index in [4.69, 9.17) is 9.84 Å². The Balaban J connectivity index is 2.06. The van der Waals surface area contributed by atoms with Gasteiger partial charge in [-0.3, -0.25) is 9.59 Å². The minimum atomic E-state index is -3.62. The highest BCUT2D eigenvalue weighted by atomic mass is 32.2. The zero-order valence-electron chi connectivity index (χ0n) is 14.5. The van der Waals surface area contributed by atoms with Crippen LogP contribution in [-0.2, 0) is 19.4 Å². The lowest BCUT2D eigenvalue weighted by Gasteiger charge is -2.20. The quantitative estimate of drug-likeness (QED) is 0.811. The van der Waals surface area contributed by atoms with Crippen molar-refractivity contribution in [2.45, 2.75) is 18.7 Å². The van der Waals surface area contributed by atoms with Crippen molar-refractivity contribution in [3.05, 3.63) is 24.3 Å². The van der Waals surface area contributed by atoms with Crippen LogP contribution in [0.4, 0.5) is 0 Å². The second-order valence-corrected chi connectivity index (χ2v) is 8.56. The lowest BCUT2D eigenvalue weighted by Crippen LogP contribution is -2.36. The predicted octanol–water partition coefficient (Wildman–Crippen LogP) is 1.28. The van der Waals surface area contributed by atoms with Gasteiger partial charge in [0.1, 0.15) is 5.75 Å². The zero-order chi connectivity index (χ0) is 18.8. The van der Waals surface area contributed by atoms with Crippen LogP contribution in [0.2, 0.25) is 0 Å². The second-order valence-electron chi connectivity index (χ2n) is 6.52. The van der Waals surface area contributed by atoms with Crippen molar-refractivity contribution < 1.29 is 27.9 Å². The third-order valence-electron chi connectivity index (χ3n) is 4.55. The van der Waals surface area contributed by atoms with E-state index >= 15 is 0 Å². The Kier molecular flexibility index (Phi) is 5.72. The maximum absolute atomic E-state index is 12.5. The van der Waals surface area contributed by atoms with E-state index in [1.54, 1.807) is 26.0 Å². The number of carboxylic acid groups (broad SMARTS) is 1. The van der Waals surface area contributed by atoms with Crippen LogP contribution in [0.15, 0.2) is 29.2 Å². The Morgan fingerprint density at radius 2 is 1.88 bits per heavy atom. The van der Waals surface area contributed by atoms with Crippen LogP contribution < -0.4 is 4.74 Å². The van der Waals surface area contributed by atoms with E-state index in [0.717, 1.165) is 0 Å². The van der Waals surface area contributed by atoms with Crippen molar-refractivity contribution in [1.29, 1.82) is 0 Å². The van der Waals surface area contributed by atoms with Gasteiger partial charge in [-0.15, -0.1) is 0 Å². The number of sulfone groups is 1. The SMILES string of the molecule is COc1ccc(S(=O)(=O)CC(C)C(=O)N2C[C@@H](C)[C@H](C(=O)O)C2)cc1. The number of carbonyl (C=O) groups is 2. The fourth-order valence-electron chi connectivity index (χ4n) is 3.06. The minimum absolute atomic E-state index is 0.127. The highest BCUT2D eigenvalue weighted by Gasteiger charge is 2.38. The number of nitrogens with zero attached hydrogens (tertiary/aromatic N) is 1. The first kappa shape index (κ1) is 19.2. The maximum atomic E-state index is 12.5. The predicted molar refractivity (Wildman–Crippen MR) is 91.1 cm³/mol. The molecule has 3 atom stereocenters.